The molecule has 0 aliphatic rings. The SMILES string of the molecule is COc1cc(-c2nn[nH]n2)ccc1Nc1ncc(Cl)c(Nc2ccccc2P(C)(C)=O)n1. The second kappa shape index (κ2) is 8.94. The Bertz CT molecular complexity index is 1290. The Morgan fingerprint density at radius 3 is 2.62 bits per heavy atom. The van der Waals surface area contributed by atoms with E-state index in [-0.39, 0.29) is 0 Å². The van der Waals surface area contributed by atoms with Crippen molar-refractivity contribution in [2.45, 2.75) is 0 Å². The highest BCUT2D eigenvalue weighted by molar-refractivity contribution is 7.70. The zero-order valence-electron chi connectivity index (χ0n) is 17.5. The standard InChI is InChI=1S/C20H20ClN8O2P/c1-31-16-10-12(18-26-28-29-27-18)8-9-14(16)24-20-22-11-13(21)19(25-20)23-15-6-4-5-7-17(15)32(2,3)30/h4-11H,1-3H3,(H2,22,23,24,25)(H,26,27,28,29). The molecule has 0 saturated carbocycles. The number of para-hydroxylation sites is 1. The van der Waals surface area contributed by atoms with Gasteiger partial charge in [0.05, 0.1) is 24.7 Å². The molecule has 4 aromatic rings. The van der Waals surface area contributed by atoms with E-state index in [1.165, 1.54) is 6.20 Å². The van der Waals surface area contributed by atoms with Gasteiger partial charge in [-0.3, -0.25) is 0 Å². The number of hydrogen-bond acceptors (Lipinski definition) is 9. The third-order valence-corrected chi connectivity index (χ3v) is 6.36. The highest BCUT2D eigenvalue weighted by Crippen LogP contribution is 2.39. The molecule has 4 rings (SSSR count). The number of nitrogens with one attached hydrogen (secondary N) is 3. The number of benzene rings is 2. The molecule has 2 aromatic heterocycles. The van der Waals surface area contributed by atoms with Gasteiger partial charge in [0.2, 0.25) is 11.8 Å². The first-order valence-corrected chi connectivity index (χ1v) is 12.5. The van der Waals surface area contributed by atoms with E-state index in [0.29, 0.717) is 45.0 Å². The number of aromatic amines is 1. The summed E-state index contributed by atoms with van der Waals surface area (Å²) in [6, 6.07) is 12.8. The van der Waals surface area contributed by atoms with Crippen molar-refractivity contribution in [1.82, 2.24) is 30.6 Å². The Kier molecular flexibility index (Phi) is 6.07. The van der Waals surface area contributed by atoms with Crippen LogP contribution in [0.15, 0.2) is 48.7 Å². The van der Waals surface area contributed by atoms with Gasteiger partial charge in [0, 0.05) is 10.9 Å². The van der Waals surface area contributed by atoms with Crippen LogP contribution in [0, 0.1) is 0 Å². The molecule has 12 heteroatoms. The summed E-state index contributed by atoms with van der Waals surface area (Å²) >= 11 is 6.32. The van der Waals surface area contributed by atoms with Gasteiger partial charge in [-0.25, -0.2) is 4.98 Å². The second-order valence-electron chi connectivity index (χ2n) is 7.16. The molecular formula is C20H20ClN8O2P. The first-order chi connectivity index (χ1) is 15.3. The minimum Gasteiger partial charge on any atom is -0.495 e. The molecule has 2 aromatic carbocycles. The van der Waals surface area contributed by atoms with E-state index in [1.807, 2.05) is 30.3 Å². The predicted octanol–water partition coefficient (Wildman–Crippen LogP) is 4.05. The number of methoxy groups -OCH3 is 1. The van der Waals surface area contributed by atoms with Crippen molar-refractivity contribution in [3.8, 4) is 17.1 Å². The van der Waals surface area contributed by atoms with E-state index in [1.54, 1.807) is 32.6 Å². The molecule has 0 saturated heterocycles. The number of ether oxygens (including phenoxy) is 1. The van der Waals surface area contributed by atoms with Gasteiger partial charge in [0.15, 0.2) is 5.82 Å². The highest BCUT2D eigenvalue weighted by atomic mass is 35.5. The molecule has 0 bridgehead atoms. The van der Waals surface area contributed by atoms with Crippen molar-refractivity contribution in [3.63, 3.8) is 0 Å². The molecule has 0 atom stereocenters. The first kappa shape index (κ1) is 21.7. The Labute approximate surface area is 189 Å². The van der Waals surface area contributed by atoms with Crippen LogP contribution in [0.5, 0.6) is 5.75 Å². The van der Waals surface area contributed by atoms with Gasteiger partial charge in [0.1, 0.15) is 17.9 Å². The van der Waals surface area contributed by atoms with Crippen LogP contribution in [0.25, 0.3) is 11.4 Å². The Balaban J connectivity index is 1.62. The molecule has 32 heavy (non-hydrogen) atoms. The van der Waals surface area contributed by atoms with Gasteiger partial charge in [-0.2, -0.15) is 10.2 Å². The van der Waals surface area contributed by atoms with Crippen LogP contribution in [-0.2, 0) is 4.57 Å². The van der Waals surface area contributed by atoms with Gasteiger partial charge in [-0.05, 0) is 48.9 Å². The fourth-order valence-corrected chi connectivity index (χ4v) is 4.32. The summed E-state index contributed by atoms with van der Waals surface area (Å²) < 4.78 is 18.1. The van der Waals surface area contributed by atoms with E-state index in [4.69, 9.17) is 16.3 Å². The maximum Gasteiger partial charge on any atom is 0.229 e. The molecular weight excluding hydrogens is 451 g/mol. The number of aromatic nitrogens is 6. The molecule has 10 nitrogen and oxygen atoms in total. The topological polar surface area (TPSA) is 131 Å². The van der Waals surface area contributed by atoms with Crippen molar-refractivity contribution < 1.29 is 9.30 Å². The molecule has 0 unspecified atom stereocenters. The summed E-state index contributed by atoms with van der Waals surface area (Å²) in [6.45, 7) is 3.43. The van der Waals surface area contributed by atoms with E-state index >= 15 is 0 Å². The Morgan fingerprint density at radius 1 is 1.09 bits per heavy atom. The minimum atomic E-state index is -2.51. The summed E-state index contributed by atoms with van der Waals surface area (Å²) in [7, 11) is -0.952. The molecule has 0 aliphatic heterocycles. The van der Waals surface area contributed by atoms with Crippen molar-refractivity contribution in [2.24, 2.45) is 0 Å². The maximum atomic E-state index is 12.7. The molecule has 0 radical (unpaired) electrons. The summed E-state index contributed by atoms with van der Waals surface area (Å²) in [5.74, 6) is 1.68. The summed E-state index contributed by atoms with van der Waals surface area (Å²) in [5, 5.41) is 21.3. The van der Waals surface area contributed by atoms with Crippen LogP contribution in [0.4, 0.5) is 23.1 Å². The molecule has 164 valence electrons. The van der Waals surface area contributed by atoms with Crippen molar-refractivity contribution >= 4 is 47.2 Å². The number of hydrogen-bond donors (Lipinski definition) is 3. The van der Waals surface area contributed by atoms with Gasteiger partial charge < -0.3 is 19.9 Å². The van der Waals surface area contributed by atoms with Gasteiger partial charge in [0.25, 0.3) is 0 Å². The molecule has 0 fully saturated rings. The highest BCUT2D eigenvalue weighted by Gasteiger charge is 2.17. The lowest BCUT2D eigenvalue weighted by atomic mass is 10.2. The van der Waals surface area contributed by atoms with Crippen LogP contribution in [0.1, 0.15) is 0 Å². The second-order valence-corrected chi connectivity index (χ2v) is 10.7. The minimum absolute atomic E-state index is 0.302. The number of rotatable bonds is 7. The molecule has 0 amide bonds. The number of halogens is 1. The zero-order chi connectivity index (χ0) is 22.7. The quantitative estimate of drug-likeness (QED) is 0.342. The van der Waals surface area contributed by atoms with Gasteiger partial charge in [-0.15, -0.1) is 10.2 Å². The average Bonchev–Trinajstić information content (AvgIpc) is 3.31. The maximum absolute atomic E-state index is 12.7. The lowest BCUT2D eigenvalue weighted by Gasteiger charge is -2.16. The van der Waals surface area contributed by atoms with E-state index in [2.05, 4.69) is 41.2 Å². The smallest absolute Gasteiger partial charge is 0.229 e. The van der Waals surface area contributed by atoms with Crippen LogP contribution in [0.2, 0.25) is 5.02 Å². The number of H-pyrrole nitrogens is 1. The van der Waals surface area contributed by atoms with Crippen molar-refractivity contribution in [1.29, 1.82) is 0 Å². The normalized spacial score (nSPS) is 11.2. The number of tetrazole rings is 1. The number of anilines is 4. The number of nitrogens with zero attached hydrogens (tertiary/aromatic N) is 5. The predicted molar refractivity (Wildman–Crippen MR) is 125 cm³/mol. The molecule has 2 heterocycles. The zero-order valence-corrected chi connectivity index (χ0v) is 19.1. The van der Waals surface area contributed by atoms with Crippen LogP contribution < -0.4 is 20.7 Å². The Morgan fingerprint density at radius 2 is 1.91 bits per heavy atom. The Hall–Kier alpha value is -3.49. The summed E-state index contributed by atoms with van der Waals surface area (Å²) in [5.41, 5.74) is 2.05. The fourth-order valence-electron chi connectivity index (χ4n) is 3.03. The van der Waals surface area contributed by atoms with E-state index in [9.17, 15) is 4.57 Å². The largest absolute Gasteiger partial charge is 0.495 e. The average molecular weight is 471 g/mol. The summed E-state index contributed by atoms with van der Waals surface area (Å²) in [6.07, 6.45) is 1.49. The van der Waals surface area contributed by atoms with Crippen molar-refractivity contribution in [3.05, 3.63) is 53.7 Å². The van der Waals surface area contributed by atoms with Crippen LogP contribution >= 0.6 is 18.7 Å². The lowest BCUT2D eigenvalue weighted by molar-refractivity contribution is 0.417. The first-order valence-electron chi connectivity index (χ1n) is 9.48. The van der Waals surface area contributed by atoms with Gasteiger partial charge in [-0.1, -0.05) is 23.7 Å². The van der Waals surface area contributed by atoms with Crippen molar-refractivity contribution in [2.75, 3.05) is 31.1 Å². The molecule has 3 N–H and O–H groups in total. The lowest BCUT2D eigenvalue weighted by Crippen LogP contribution is -2.11. The third-order valence-electron chi connectivity index (χ3n) is 4.53. The van der Waals surface area contributed by atoms with E-state index < -0.39 is 7.14 Å². The van der Waals surface area contributed by atoms with E-state index in [0.717, 1.165) is 5.56 Å². The van der Waals surface area contributed by atoms with Gasteiger partial charge >= 0.3 is 0 Å². The fraction of sp³-hybridized carbons (Fsp3) is 0.150. The monoisotopic (exact) mass is 470 g/mol. The third kappa shape index (κ3) is 4.71. The van der Waals surface area contributed by atoms with Crippen LogP contribution in [0.3, 0.4) is 0 Å². The molecule has 0 spiro atoms. The summed E-state index contributed by atoms with van der Waals surface area (Å²) in [4.78, 5) is 8.73. The van der Waals surface area contributed by atoms with Crippen LogP contribution in [-0.4, -0.2) is 51.0 Å². The molecule has 0 aliphatic carbocycles.